The highest BCUT2D eigenvalue weighted by Crippen LogP contribution is 2.26. The molecule has 0 saturated carbocycles. The van der Waals surface area contributed by atoms with E-state index in [1.54, 1.807) is 12.1 Å². The molecule has 0 radical (unpaired) electrons. The van der Waals surface area contributed by atoms with Crippen LogP contribution < -0.4 is 0 Å². The Hall–Kier alpha value is -1.34. The Balaban J connectivity index is 2.53. The van der Waals surface area contributed by atoms with Crippen molar-refractivity contribution < 1.29 is 4.39 Å². The Kier molecular flexibility index (Phi) is 2.74. The summed E-state index contributed by atoms with van der Waals surface area (Å²) in [5.41, 5.74) is 2.55. The van der Waals surface area contributed by atoms with Crippen molar-refractivity contribution in [3.8, 4) is 11.1 Å². The lowest BCUT2D eigenvalue weighted by molar-refractivity contribution is 0.631. The van der Waals surface area contributed by atoms with Crippen LogP contribution in [-0.2, 0) is 0 Å². The van der Waals surface area contributed by atoms with E-state index in [4.69, 9.17) is 11.6 Å². The van der Waals surface area contributed by atoms with E-state index in [0.29, 0.717) is 10.6 Å². The van der Waals surface area contributed by atoms with Crippen LogP contribution in [0.5, 0.6) is 0 Å². The van der Waals surface area contributed by atoms with Gasteiger partial charge in [-0.05, 0) is 30.7 Å². The second-order valence-electron chi connectivity index (χ2n) is 3.49. The number of hydrogen-bond donors (Lipinski definition) is 0. The van der Waals surface area contributed by atoms with Crippen molar-refractivity contribution in [1.29, 1.82) is 0 Å². The fourth-order valence-electron chi connectivity index (χ4n) is 1.45. The molecule has 0 saturated heterocycles. The molecule has 0 nitrogen and oxygen atoms in total. The minimum Gasteiger partial charge on any atom is -0.206 e. The van der Waals surface area contributed by atoms with Crippen LogP contribution in [0.2, 0.25) is 5.02 Å². The summed E-state index contributed by atoms with van der Waals surface area (Å²) in [6.07, 6.45) is 0. The average molecular weight is 221 g/mol. The molecule has 0 amide bonds. The predicted molar refractivity (Wildman–Crippen MR) is 61.6 cm³/mol. The largest absolute Gasteiger partial charge is 0.206 e. The van der Waals surface area contributed by atoms with Crippen LogP contribution in [0.4, 0.5) is 4.39 Å². The van der Waals surface area contributed by atoms with Crippen molar-refractivity contribution in [3.63, 3.8) is 0 Å². The quantitative estimate of drug-likeness (QED) is 0.666. The highest BCUT2D eigenvalue weighted by atomic mass is 35.5. The highest BCUT2D eigenvalue weighted by molar-refractivity contribution is 6.30. The third-order valence-electron chi connectivity index (χ3n) is 2.29. The van der Waals surface area contributed by atoms with Gasteiger partial charge < -0.3 is 0 Å². The minimum atomic E-state index is -0.247. The van der Waals surface area contributed by atoms with Gasteiger partial charge in [0.25, 0.3) is 0 Å². The number of hydrogen-bond acceptors (Lipinski definition) is 0. The Morgan fingerprint density at radius 2 is 1.67 bits per heavy atom. The summed E-state index contributed by atoms with van der Waals surface area (Å²) in [6, 6.07) is 12.3. The highest BCUT2D eigenvalue weighted by Gasteiger charge is 2.04. The van der Waals surface area contributed by atoms with Crippen LogP contribution in [0, 0.1) is 12.7 Å². The van der Waals surface area contributed by atoms with Gasteiger partial charge in [0.2, 0.25) is 0 Å². The fraction of sp³-hybridized carbons (Fsp3) is 0.0769. The number of halogens is 2. The van der Waals surface area contributed by atoms with Crippen molar-refractivity contribution >= 4 is 11.6 Å². The summed E-state index contributed by atoms with van der Waals surface area (Å²) in [5, 5.41) is 0.548. The molecular formula is C13H10ClF. The van der Waals surface area contributed by atoms with E-state index in [0.717, 1.165) is 11.1 Å². The molecule has 0 spiro atoms. The predicted octanol–water partition coefficient (Wildman–Crippen LogP) is 4.45. The number of rotatable bonds is 1. The van der Waals surface area contributed by atoms with Crippen molar-refractivity contribution in [2.75, 3.05) is 0 Å². The Bertz CT molecular complexity index is 474. The maximum Gasteiger partial charge on any atom is 0.131 e. The molecule has 0 atom stereocenters. The maximum atomic E-state index is 13.5. The molecule has 2 aromatic rings. The van der Waals surface area contributed by atoms with Gasteiger partial charge in [0.1, 0.15) is 5.82 Å². The van der Waals surface area contributed by atoms with E-state index < -0.39 is 0 Å². The zero-order valence-electron chi connectivity index (χ0n) is 8.30. The molecule has 0 aliphatic rings. The third-order valence-corrected chi connectivity index (χ3v) is 2.53. The summed E-state index contributed by atoms with van der Waals surface area (Å²) in [4.78, 5) is 0. The smallest absolute Gasteiger partial charge is 0.131 e. The lowest BCUT2D eigenvalue weighted by Crippen LogP contribution is -1.84. The zero-order valence-corrected chi connectivity index (χ0v) is 9.05. The molecule has 0 aliphatic heterocycles. The summed E-state index contributed by atoms with van der Waals surface area (Å²) >= 11 is 5.83. The van der Waals surface area contributed by atoms with E-state index in [-0.39, 0.29) is 5.82 Å². The third kappa shape index (κ3) is 2.18. The Morgan fingerprint density at radius 3 is 2.33 bits per heavy atom. The molecule has 0 heterocycles. The first-order chi connectivity index (χ1) is 7.16. The standard InChI is InChI=1S/C13H10ClF/c1-9-2-4-10(5-3-9)12-8-11(14)6-7-13(12)15/h2-8H,1H3. The summed E-state index contributed by atoms with van der Waals surface area (Å²) < 4.78 is 13.5. The molecule has 2 rings (SSSR count). The van der Waals surface area contributed by atoms with E-state index in [1.807, 2.05) is 31.2 Å². The molecule has 0 aliphatic carbocycles. The first kappa shape index (κ1) is 10.2. The van der Waals surface area contributed by atoms with Crippen LogP contribution in [0.25, 0.3) is 11.1 Å². The SMILES string of the molecule is Cc1ccc(-c2cc(Cl)ccc2F)cc1. The van der Waals surface area contributed by atoms with Crippen LogP contribution in [-0.4, -0.2) is 0 Å². The number of benzene rings is 2. The van der Waals surface area contributed by atoms with Gasteiger partial charge in [0.15, 0.2) is 0 Å². The van der Waals surface area contributed by atoms with E-state index in [9.17, 15) is 4.39 Å². The van der Waals surface area contributed by atoms with E-state index in [2.05, 4.69) is 0 Å². The Labute approximate surface area is 93.3 Å². The van der Waals surface area contributed by atoms with Crippen molar-refractivity contribution in [2.24, 2.45) is 0 Å². The van der Waals surface area contributed by atoms with Gasteiger partial charge in [-0.3, -0.25) is 0 Å². The van der Waals surface area contributed by atoms with Crippen LogP contribution in [0.15, 0.2) is 42.5 Å². The summed E-state index contributed by atoms with van der Waals surface area (Å²) in [5.74, 6) is -0.247. The average Bonchev–Trinajstić information content (AvgIpc) is 2.23. The van der Waals surface area contributed by atoms with Crippen molar-refractivity contribution in [3.05, 3.63) is 58.9 Å². The molecular weight excluding hydrogens is 211 g/mol. The van der Waals surface area contributed by atoms with Crippen LogP contribution >= 0.6 is 11.6 Å². The molecule has 0 aromatic heterocycles. The fourth-order valence-corrected chi connectivity index (χ4v) is 1.62. The topological polar surface area (TPSA) is 0 Å². The Morgan fingerprint density at radius 1 is 1.00 bits per heavy atom. The molecule has 2 heteroatoms. The molecule has 2 aromatic carbocycles. The number of aryl methyl sites for hydroxylation is 1. The molecule has 76 valence electrons. The van der Waals surface area contributed by atoms with Gasteiger partial charge in [0, 0.05) is 10.6 Å². The van der Waals surface area contributed by atoms with E-state index in [1.165, 1.54) is 6.07 Å². The monoisotopic (exact) mass is 220 g/mol. The summed E-state index contributed by atoms with van der Waals surface area (Å²) in [7, 11) is 0. The molecule has 0 fully saturated rings. The van der Waals surface area contributed by atoms with Crippen molar-refractivity contribution in [1.82, 2.24) is 0 Å². The van der Waals surface area contributed by atoms with Gasteiger partial charge >= 0.3 is 0 Å². The van der Waals surface area contributed by atoms with Gasteiger partial charge in [0.05, 0.1) is 0 Å². The first-order valence-electron chi connectivity index (χ1n) is 4.69. The summed E-state index contributed by atoms with van der Waals surface area (Å²) in [6.45, 7) is 2.00. The molecule has 0 unspecified atom stereocenters. The second kappa shape index (κ2) is 4.03. The van der Waals surface area contributed by atoms with Gasteiger partial charge in [-0.2, -0.15) is 0 Å². The van der Waals surface area contributed by atoms with Gasteiger partial charge in [-0.1, -0.05) is 41.4 Å². The zero-order chi connectivity index (χ0) is 10.8. The van der Waals surface area contributed by atoms with Crippen molar-refractivity contribution in [2.45, 2.75) is 6.92 Å². The minimum absolute atomic E-state index is 0.247. The van der Waals surface area contributed by atoms with Crippen LogP contribution in [0.3, 0.4) is 0 Å². The van der Waals surface area contributed by atoms with E-state index >= 15 is 0 Å². The lowest BCUT2D eigenvalue weighted by atomic mass is 10.0. The van der Waals surface area contributed by atoms with Gasteiger partial charge in [-0.15, -0.1) is 0 Å². The first-order valence-corrected chi connectivity index (χ1v) is 5.07. The molecule has 15 heavy (non-hydrogen) atoms. The van der Waals surface area contributed by atoms with Gasteiger partial charge in [-0.25, -0.2) is 4.39 Å². The molecule has 0 bridgehead atoms. The second-order valence-corrected chi connectivity index (χ2v) is 3.93. The molecule has 0 N–H and O–H groups in total. The normalized spacial score (nSPS) is 10.3. The van der Waals surface area contributed by atoms with Crippen LogP contribution in [0.1, 0.15) is 5.56 Å². The lowest BCUT2D eigenvalue weighted by Gasteiger charge is -2.04. The maximum absolute atomic E-state index is 13.5.